The summed E-state index contributed by atoms with van der Waals surface area (Å²) in [5, 5.41) is 3.78. The van der Waals surface area contributed by atoms with Crippen LogP contribution in [0.15, 0.2) is 24.3 Å². The van der Waals surface area contributed by atoms with Crippen molar-refractivity contribution < 1.29 is 4.39 Å². The molecule has 0 bridgehead atoms. The predicted octanol–water partition coefficient (Wildman–Crippen LogP) is 4.30. The Morgan fingerprint density at radius 2 is 1.83 bits per heavy atom. The lowest BCUT2D eigenvalue weighted by Gasteiger charge is -2.29. The van der Waals surface area contributed by atoms with Crippen LogP contribution in [0.4, 0.5) is 4.39 Å². The molecule has 1 nitrogen and oxygen atoms in total. The van der Waals surface area contributed by atoms with Crippen LogP contribution < -0.4 is 5.32 Å². The number of benzene rings is 1. The molecule has 2 heteroatoms. The smallest absolute Gasteiger partial charge is 0.123 e. The van der Waals surface area contributed by atoms with E-state index in [-0.39, 0.29) is 5.82 Å². The maximum Gasteiger partial charge on any atom is 0.123 e. The first-order valence-electron chi connectivity index (χ1n) is 7.09. The number of hydrogen-bond donors (Lipinski definition) is 1. The zero-order valence-corrected chi connectivity index (χ0v) is 11.6. The van der Waals surface area contributed by atoms with Gasteiger partial charge in [-0.3, -0.25) is 0 Å². The Hall–Kier alpha value is -0.890. The van der Waals surface area contributed by atoms with E-state index in [0.717, 1.165) is 5.92 Å². The summed E-state index contributed by atoms with van der Waals surface area (Å²) in [4.78, 5) is 0. The van der Waals surface area contributed by atoms with E-state index in [1.807, 2.05) is 12.1 Å². The van der Waals surface area contributed by atoms with Gasteiger partial charge in [-0.25, -0.2) is 4.39 Å². The zero-order valence-electron chi connectivity index (χ0n) is 11.6. The summed E-state index contributed by atoms with van der Waals surface area (Å²) in [5.74, 6) is 1.12. The fraction of sp³-hybridized carbons (Fsp3) is 0.625. The quantitative estimate of drug-likeness (QED) is 0.839. The molecule has 1 aliphatic rings. The average Bonchev–Trinajstić information content (AvgIpc) is 2.73. The summed E-state index contributed by atoms with van der Waals surface area (Å²) in [5.41, 5.74) is 1.20. The lowest BCUT2D eigenvalue weighted by molar-refractivity contribution is 0.323. The number of hydrogen-bond acceptors (Lipinski definition) is 1. The van der Waals surface area contributed by atoms with Crippen LogP contribution in [-0.2, 0) is 0 Å². The molecule has 0 aromatic heterocycles. The van der Waals surface area contributed by atoms with Crippen LogP contribution in [0.25, 0.3) is 0 Å². The minimum atomic E-state index is -0.157. The highest BCUT2D eigenvalue weighted by Crippen LogP contribution is 2.30. The van der Waals surface area contributed by atoms with Crippen molar-refractivity contribution in [1.82, 2.24) is 5.32 Å². The van der Waals surface area contributed by atoms with Gasteiger partial charge in [0.2, 0.25) is 0 Å². The normalized spacial score (nSPS) is 25.6. The number of nitrogens with one attached hydrogen (secondary N) is 1. The van der Waals surface area contributed by atoms with Crippen molar-refractivity contribution in [2.45, 2.75) is 52.1 Å². The van der Waals surface area contributed by atoms with Gasteiger partial charge in [0.25, 0.3) is 0 Å². The molecule has 0 radical (unpaired) electrons. The van der Waals surface area contributed by atoms with Crippen molar-refractivity contribution in [2.24, 2.45) is 11.8 Å². The third kappa shape index (κ3) is 3.11. The van der Waals surface area contributed by atoms with Crippen LogP contribution in [0.3, 0.4) is 0 Å². The van der Waals surface area contributed by atoms with Crippen molar-refractivity contribution in [2.75, 3.05) is 0 Å². The summed E-state index contributed by atoms with van der Waals surface area (Å²) in [6, 6.07) is 7.88. The van der Waals surface area contributed by atoms with E-state index in [4.69, 9.17) is 0 Å². The molecule has 18 heavy (non-hydrogen) atoms. The molecule has 1 aliphatic carbocycles. The summed E-state index contributed by atoms with van der Waals surface area (Å²) < 4.78 is 13.0. The van der Waals surface area contributed by atoms with Gasteiger partial charge in [0.1, 0.15) is 5.82 Å². The topological polar surface area (TPSA) is 12.0 Å². The van der Waals surface area contributed by atoms with Crippen molar-refractivity contribution in [3.63, 3.8) is 0 Å². The Balaban J connectivity index is 2.10. The van der Waals surface area contributed by atoms with E-state index < -0.39 is 0 Å². The zero-order chi connectivity index (χ0) is 13.1. The van der Waals surface area contributed by atoms with Gasteiger partial charge in [0.05, 0.1) is 0 Å². The van der Waals surface area contributed by atoms with Gasteiger partial charge in [-0.15, -0.1) is 0 Å². The van der Waals surface area contributed by atoms with Crippen molar-refractivity contribution in [3.05, 3.63) is 35.6 Å². The van der Waals surface area contributed by atoms with Crippen LogP contribution in [0.1, 0.15) is 51.6 Å². The molecule has 1 aromatic rings. The van der Waals surface area contributed by atoms with Crippen molar-refractivity contribution >= 4 is 0 Å². The van der Waals surface area contributed by atoms with E-state index >= 15 is 0 Å². The van der Waals surface area contributed by atoms with Gasteiger partial charge in [0, 0.05) is 12.1 Å². The van der Waals surface area contributed by atoms with E-state index in [0.29, 0.717) is 18.0 Å². The maximum atomic E-state index is 13.0. The number of halogens is 1. The molecule has 1 fully saturated rings. The molecule has 0 heterocycles. The predicted molar refractivity (Wildman–Crippen MR) is 73.9 cm³/mol. The molecular weight excluding hydrogens is 225 g/mol. The molecule has 0 saturated heterocycles. The molecule has 3 unspecified atom stereocenters. The first-order chi connectivity index (χ1) is 8.58. The summed E-state index contributed by atoms with van der Waals surface area (Å²) in [7, 11) is 0. The van der Waals surface area contributed by atoms with E-state index in [1.54, 1.807) is 12.1 Å². The fourth-order valence-corrected chi connectivity index (χ4v) is 2.97. The Labute approximate surface area is 110 Å². The largest absolute Gasteiger partial charge is 0.307 e. The molecular formula is C16H24FN. The second-order valence-corrected chi connectivity index (χ2v) is 5.95. The summed E-state index contributed by atoms with van der Waals surface area (Å²) in [6.45, 7) is 6.77. The van der Waals surface area contributed by atoms with Crippen LogP contribution in [-0.4, -0.2) is 6.04 Å². The molecule has 1 aromatic carbocycles. The lowest BCUT2D eigenvalue weighted by atomic mass is 9.93. The highest BCUT2D eigenvalue weighted by molar-refractivity contribution is 5.20. The third-order valence-electron chi connectivity index (χ3n) is 4.15. The SMILES string of the molecule is CC(C)C(NC1CCCC1C)c1ccc(F)cc1. The molecule has 1 saturated carbocycles. The first-order valence-corrected chi connectivity index (χ1v) is 7.09. The fourth-order valence-electron chi connectivity index (χ4n) is 2.97. The van der Waals surface area contributed by atoms with Gasteiger partial charge in [-0.2, -0.15) is 0 Å². The van der Waals surface area contributed by atoms with Gasteiger partial charge in [-0.1, -0.05) is 39.3 Å². The minimum absolute atomic E-state index is 0.157. The van der Waals surface area contributed by atoms with E-state index in [1.165, 1.54) is 24.8 Å². The molecule has 100 valence electrons. The van der Waals surface area contributed by atoms with Crippen molar-refractivity contribution in [3.8, 4) is 0 Å². The summed E-state index contributed by atoms with van der Waals surface area (Å²) >= 11 is 0. The van der Waals surface area contributed by atoms with E-state index in [9.17, 15) is 4.39 Å². The first kappa shape index (κ1) is 13.5. The minimum Gasteiger partial charge on any atom is -0.307 e. The Bertz CT molecular complexity index is 371. The van der Waals surface area contributed by atoms with Crippen LogP contribution in [0, 0.1) is 17.7 Å². The molecule has 2 rings (SSSR count). The Morgan fingerprint density at radius 3 is 2.33 bits per heavy atom. The average molecular weight is 249 g/mol. The molecule has 0 amide bonds. The van der Waals surface area contributed by atoms with Gasteiger partial charge in [-0.05, 0) is 42.4 Å². The van der Waals surface area contributed by atoms with Crippen LogP contribution >= 0.6 is 0 Å². The highest BCUT2D eigenvalue weighted by atomic mass is 19.1. The molecule has 3 atom stereocenters. The maximum absolute atomic E-state index is 13.0. The second kappa shape index (κ2) is 5.83. The Morgan fingerprint density at radius 1 is 1.17 bits per heavy atom. The van der Waals surface area contributed by atoms with Gasteiger partial charge < -0.3 is 5.32 Å². The Kier molecular flexibility index (Phi) is 4.39. The second-order valence-electron chi connectivity index (χ2n) is 5.95. The molecule has 0 spiro atoms. The van der Waals surface area contributed by atoms with Gasteiger partial charge in [0.15, 0.2) is 0 Å². The van der Waals surface area contributed by atoms with Crippen LogP contribution in [0.5, 0.6) is 0 Å². The third-order valence-corrected chi connectivity index (χ3v) is 4.15. The highest BCUT2D eigenvalue weighted by Gasteiger charge is 2.27. The summed E-state index contributed by atoms with van der Waals surface area (Å²) in [6.07, 6.45) is 3.92. The number of rotatable bonds is 4. The van der Waals surface area contributed by atoms with Crippen molar-refractivity contribution in [1.29, 1.82) is 0 Å². The standard InChI is InChI=1S/C16H24FN/c1-11(2)16(13-7-9-14(17)10-8-13)18-15-6-4-5-12(15)3/h7-12,15-16,18H,4-6H2,1-3H3. The molecule has 1 N–H and O–H groups in total. The lowest BCUT2D eigenvalue weighted by Crippen LogP contribution is -2.37. The molecule has 0 aliphatic heterocycles. The monoisotopic (exact) mass is 249 g/mol. The van der Waals surface area contributed by atoms with Gasteiger partial charge >= 0.3 is 0 Å². The van der Waals surface area contributed by atoms with Crippen LogP contribution in [0.2, 0.25) is 0 Å². The van der Waals surface area contributed by atoms with E-state index in [2.05, 4.69) is 26.1 Å².